The molecule has 8 nitrogen and oxygen atoms in total. The molecule has 8 heteroatoms. The second-order valence-corrected chi connectivity index (χ2v) is 4.64. The molecule has 0 unspecified atom stereocenters. The number of aromatic carboxylic acids is 1. The summed E-state index contributed by atoms with van der Waals surface area (Å²) in [6.07, 6.45) is 0. The average Bonchev–Trinajstić information content (AvgIpc) is 2.53. The number of benzene rings is 2. The highest BCUT2D eigenvalue weighted by molar-refractivity contribution is 6.17. The number of carbonyl (C=O) groups is 2. The Morgan fingerprint density at radius 3 is 2.30 bits per heavy atom. The summed E-state index contributed by atoms with van der Waals surface area (Å²) in [5.74, 6) is -1.93. The van der Waals surface area contributed by atoms with Gasteiger partial charge in [-0.1, -0.05) is 18.2 Å². The Morgan fingerprint density at radius 1 is 1.17 bits per heavy atom. The van der Waals surface area contributed by atoms with Crippen LogP contribution in [0.15, 0.2) is 36.4 Å². The van der Waals surface area contributed by atoms with Gasteiger partial charge in [-0.15, -0.1) is 0 Å². The molecule has 0 fully saturated rings. The van der Waals surface area contributed by atoms with Crippen molar-refractivity contribution in [2.75, 3.05) is 18.1 Å². The molecule has 0 atom stereocenters. The van der Waals surface area contributed by atoms with Crippen molar-refractivity contribution in [3.63, 3.8) is 0 Å². The van der Waals surface area contributed by atoms with E-state index in [1.807, 2.05) is 0 Å². The fourth-order valence-corrected chi connectivity index (χ4v) is 2.22. The lowest BCUT2D eigenvalue weighted by Gasteiger charge is -2.12. The number of carboxylic acid groups (broad SMARTS) is 1. The number of nitrogen functional groups attached to an aromatic ring is 1. The highest BCUT2D eigenvalue weighted by Gasteiger charge is 2.23. The van der Waals surface area contributed by atoms with Crippen molar-refractivity contribution >= 4 is 28.8 Å². The molecule has 2 aromatic carbocycles. The van der Waals surface area contributed by atoms with Gasteiger partial charge in [0.15, 0.2) is 5.78 Å². The smallest absolute Gasteiger partial charge is 0.336 e. The molecule has 0 aromatic heterocycles. The molecule has 0 aliphatic heterocycles. The Balaban J connectivity index is 2.68. The summed E-state index contributed by atoms with van der Waals surface area (Å²) in [7, 11) is 1.51. The lowest BCUT2D eigenvalue weighted by Crippen LogP contribution is -2.13. The highest BCUT2D eigenvalue weighted by Crippen LogP contribution is 2.31. The summed E-state index contributed by atoms with van der Waals surface area (Å²) < 4.78 is 0. The van der Waals surface area contributed by atoms with Crippen LogP contribution in [0.4, 0.5) is 17.1 Å². The van der Waals surface area contributed by atoms with E-state index < -0.39 is 16.7 Å². The number of nitro groups is 1. The number of carbonyl (C=O) groups excluding carboxylic acids is 1. The molecule has 2 rings (SSSR count). The topological polar surface area (TPSA) is 136 Å². The summed E-state index contributed by atoms with van der Waals surface area (Å²) in [6.45, 7) is 0. The van der Waals surface area contributed by atoms with Gasteiger partial charge in [0, 0.05) is 24.7 Å². The third-order valence-corrected chi connectivity index (χ3v) is 3.26. The van der Waals surface area contributed by atoms with Crippen molar-refractivity contribution in [1.82, 2.24) is 0 Å². The first kappa shape index (κ1) is 16.0. The van der Waals surface area contributed by atoms with Crippen molar-refractivity contribution in [3.05, 3.63) is 63.2 Å². The van der Waals surface area contributed by atoms with Gasteiger partial charge in [0.25, 0.3) is 5.69 Å². The maximum atomic E-state index is 12.7. The number of nitrogens with zero attached hydrogens (tertiary/aromatic N) is 1. The van der Waals surface area contributed by atoms with E-state index in [2.05, 4.69) is 5.32 Å². The zero-order valence-electron chi connectivity index (χ0n) is 12.1. The Morgan fingerprint density at radius 2 is 1.78 bits per heavy atom. The Labute approximate surface area is 130 Å². The number of hydrogen-bond donors (Lipinski definition) is 3. The van der Waals surface area contributed by atoms with Crippen LogP contribution < -0.4 is 11.1 Å². The summed E-state index contributed by atoms with van der Waals surface area (Å²) >= 11 is 0. The minimum atomic E-state index is -1.27. The number of anilines is 2. The first-order valence-corrected chi connectivity index (χ1v) is 6.49. The molecule has 4 N–H and O–H groups in total. The lowest BCUT2D eigenvalue weighted by molar-refractivity contribution is -0.384. The van der Waals surface area contributed by atoms with E-state index in [4.69, 9.17) is 5.73 Å². The minimum Gasteiger partial charge on any atom is -0.478 e. The van der Waals surface area contributed by atoms with Crippen LogP contribution in [0.5, 0.6) is 0 Å². The van der Waals surface area contributed by atoms with E-state index in [1.165, 1.54) is 31.3 Å². The molecule has 0 amide bonds. The Kier molecular flexibility index (Phi) is 4.26. The normalized spacial score (nSPS) is 10.1. The minimum absolute atomic E-state index is 0.0258. The lowest BCUT2D eigenvalue weighted by atomic mass is 9.96. The number of nitrogens with one attached hydrogen (secondary N) is 1. The predicted molar refractivity (Wildman–Crippen MR) is 83.9 cm³/mol. The molecule has 0 saturated carbocycles. The molecule has 0 spiro atoms. The van der Waals surface area contributed by atoms with Gasteiger partial charge in [-0.25, -0.2) is 4.79 Å². The van der Waals surface area contributed by atoms with Gasteiger partial charge < -0.3 is 16.2 Å². The van der Waals surface area contributed by atoms with Gasteiger partial charge in [0.1, 0.15) is 0 Å². The number of hydrogen-bond acceptors (Lipinski definition) is 6. The third kappa shape index (κ3) is 2.95. The molecule has 0 saturated heterocycles. The molecule has 0 radical (unpaired) electrons. The van der Waals surface area contributed by atoms with E-state index in [9.17, 15) is 24.8 Å². The van der Waals surface area contributed by atoms with E-state index in [0.717, 1.165) is 12.1 Å². The molecule has 0 aliphatic rings. The number of non-ortho nitro benzene ring substituents is 1. The summed E-state index contributed by atoms with van der Waals surface area (Å²) in [5.41, 5.74) is 5.31. The first-order chi connectivity index (χ1) is 10.9. The van der Waals surface area contributed by atoms with Crippen molar-refractivity contribution in [2.24, 2.45) is 0 Å². The molecule has 0 heterocycles. The number of carboxylic acids is 1. The quantitative estimate of drug-likeness (QED) is 0.333. The Hall–Kier alpha value is -3.42. The van der Waals surface area contributed by atoms with E-state index in [-0.39, 0.29) is 33.8 Å². The zero-order valence-corrected chi connectivity index (χ0v) is 12.1. The van der Waals surface area contributed by atoms with Gasteiger partial charge in [0.05, 0.1) is 27.4 Å². The second kappa shape index (κ2) is 6.14. The molecule has 23 heavy (non-hydrogen) atoms. The number of rotatable bonds is 5. The van der Waals surface area contributed by atoms with Crippen molar-refractivity contribution in [3.8, 4) is 0 Å². The van der Waals surface area contributed by atoms with Crippen molar-refractivity contribution in [1.29, 1.82) is 0 Å². The fraction of sp³-hybridized carbons (Fsp3) is 0.0667. The fourth-order valence-electron chi connectivity index (χ4n) is 2.22. The SMILES string of the molecule is CNc1c(N)cc([N+](=O)[O-])cc1C(=O)c1ccccc1C(=O)O. The van der Waals surface area contributed by atoms with Crippen LogP contribution >= 0.6 is 0 Å². The summed E-state index contributed by atoms with van der Waals surface area (Å²) in [5, 5.41) is 22.9. The molecular weight excluding hydrogens is 302 g/mol. The molecule has 118 valence electrons. The largest absolute Gasteiger partial charge is 0.478 e. The third-order valence-electron chi connectivity index (χ3n) is 3.26. The predicted octanol–water partition coefficient (Wildman–Crippen LogP) is 2.15. The van der Waals surface area contributed by atoms with E-state index in [0.29, 0.717) is 0 Å². The Bertz CT molecular complexity index is 817. The van der Waals surface area contributed by atoms with E-state index >= 15 is 0 Å². The van der Waals surface area contributed by atoms with Crippen molar-refractivity contribution < 1.29 is 19.6 Å². The van der Waals surface area contributed by atoms with Crippen molar-refractivity contribution in [2.45, 2.75) is 0 Å². The van der Waals surface area contributed by atoms with Crippen LogP contribution in [-0.2, 0) is 0 Å². The average molecular weight is 315 g/mol. The van der Waals surface area contributed by atoms with E-state index in [1.54, 1.807) is 0 Å². The van der Waals surface area contributed by atoms with Gasteiger partial charge in [-0.2, -0.15) is 0 Å². The number of nitro benzene ring substituents is 1. The molecular formula is C15H13N3O5. The zero-order chi connectivity index (χ0) is 17.1. The summed E-state index contributed by atoms with van der Waals surface area (Å²) in [6, 6.07) is 7.84. The second-order valence-electron chi connectivity index (χ2n) is 4.64. The van der Waals surface area contributed by atoms with Crippen LogP contribution in [0.25, 0.3) is 0 Å². The molecule has 2 aromatic rings. The molecule has 0 aliphatic carbocycles. The first-order valence-electron chi connectivity index (χ1n) is 6.49. The van der Waals surface area contributed by atoms with Gasteiger partial charge in [0.2, 0.25) is 0 Å². The van der Waals surface area contributed by atoms with Crippen LogP contribution in [0.1, 0.15) is 26.3 Å². The van der Waals surface area contributed by atoms with Gasteiger partial charge in [-0.05, 0) is 6.07 Å². The molecule has 0 bridgehead atoms. The van der Waals surface area contributed by atoms with Crippen LogP contribution in [0.3, 0.4) is 0 Å². The highest BCUT2D eigenvalue weighted by atomic mass is 16.6. The summed E-state index contributed by atoms with van der Waals surface area (Å²) in [4.78, 5) is 34.2. The standard InChI is InChI=1S/C15H13N3O5/c1-17-13-11(6-8(18(22)23)7-12(13)16)14(19)9-4-2-3-5-10(9)15(20)21/h2-7,17H,16H2,1H3,(H,20,21). The number of ketones is 1. The van der Waals surface area contributed by atoms with Gasteiger partial charge in [-0.3, -0.25) is 14.9 Å². The van der Waals surface area contributed by atoms with Gasteiger partial charge >= 0.3 is 5.97 Å². The van der Waals surface area contributed by atoms with Crippen LogP contribution in [-0.4, -0.2) is 28.8 Å². The maximum absolute atomic E-state index is 12.7. The maximum Gasteiger partial charge on any atom is 0.336 e. The number of nitrogens with two attached hydrogens (primary N) is 1. The van der Waals surface area contributed by atoms with Crippen LogP contribution in [0, 0.1) is 10.1 Å². The van der Waals surface area contributed by atoms with Crippen LogP contribution in [0.2, 0.25) is 0 Å². The monoisotopic (exact) mass is 315 g/mol.